The molecule has 0 radical (unpaired) electrons. The maximum atomic E-state index is 13.8. The number of nitrogens with one attached hydrogen (secondary N) is 1. The number of aryl methyl sites for hydroxylation is 2. The fraction of sp³-hybridized carbons (Fsp3) is 0.345. The minimum atomic E-state index is -4.38. The zero-order chi connectivity index (χ0) is 32.1. The largest absolute Gasteiger partial charge is 0.464 e. The summed E-state index contributed by atoms with van der Waals surface area (Å²) in [6.45, 7) is -1.05. The number of halogens is 1. The highest BCUT2D eigenvalue weighted by Gasteiger charge is 2.58. The minimum absolute atomic E-state index is 0.0772. The van der Waals surface area contributed by atoms with Crippen molar-refractivity contribution in [2.24, 2.45) is 7.05 Å². The molecule has 2 N–H and O–H groups in total. The molecule has 236 valence electrons. The third-order valence-corrected chi connectivity index (χ3v) is 9.84. The van der Waals surface area contributed by atoms with Crippen molar-refractivity contribution in [3.05, 3.63) is 77.4 Å². The molecule has 6 rings (SSSR count). The molecule has 3 aliphatic rings. The van der Waals surface area contributed by atoms with Crippen LogP contribution in [0.5, 0.6) is 0 Å². The van der Waals surface area contributed by atoms with E-state index in [0.29, 0.717) is 17.5 Å². The van der Waals surface area contributed by atoms with Gasteiger partial charge < -0.3 is 14.7 Å². The number of imide groups is 1. The Labute approximate surface area is 257 Å². The number of rotatable bonds is 8. The average molecular weight is 641 g/mol. The third kappa shape index (κ3) is 5.62. The van der Waals surface area contributed by atoms with E-state index in [2.05, 4.69) is 5.10 Å². The van der Waals surface area contributed by atoms with Crippen LogP contribution in [0.2, 0.25) is 0 Å². The van der Waals surface area contributed by atoms with Gasteiger partial charge in [0.25, 0.3) is 5.91 Å². The van der Waals surface area contributed by atoms with Crippen molar-refractivity contribution in [1.82, 2.24) is 28.6 Å². The Kier molecular flexibility index (Phi) is 7.56. The predicted octanol–water partition coefficient (Wildman–Crippen LogP) is 1.96. The van der Waals surface area contributed by atoms with Gasteiger partial charge in [-0.1, -0.05) is 30.3 Å². The first-order valence-corrected chi connectivity index (χ1v) is 15.5. The van der Waals surface area contributed by atoms with E-state index in [1.165, 1.54) is 33.9 Å². The van der Waals surface area contributed by atoms with Crippen LogP contribution in [-0.2, 0) is 50.1 Å². The van der Waals surface area contributed by atoms with Crippen LogP contribution >= 0.6 is 0 Å². The smallest absolute Gasteiger partial charge is 0.419 e. The van der Waals surface area contributed by atoms with Gasteiger partial charge in [0.2, 0.25) is 11.5 Å². The lowest BCUT2D eigenvalue weighted by Crippen LogP contribution is -2.49. The van der Waals surface area contributed by atoms with Crippen LogP contribution in [-0.4, -0.2) is 87.1 Å². The van der Waals surface area contributed by atoms with Crippen molar-refractivity contribution >= 4 is 34.2 Å². The Morgan fingerprint density at radius 3 is 2.62 bits per heavy atom. The number of hydrogen-bond acceptors (Lipinski definition) is 8. The molecule has 14 nitrogen and oxygen atoms in total. The van der Waals surface area contributed by atoms with Gasteiger partial charge in [0.05, 0.1) is 6.20 Å². The second kappa shape index (κ2) is 11.3. The lowest BCUT2D eigenvalue weighted by Gasteiger charge is -2.30. The Morgan fingerprint density at radius 2 is 1.93 bits per heavy atom. The van der Waals surface area contributed by atoms with Crippen LogP contribution in [0.15, 0.2) is 54.9 Å². The summed E-state index contributed by atoms with van der Waals surface area (Å²) in [4.78, 5) is 53.8. The summed E-state index contributed by atoms with van der Waals surface area (Å²) in [7, 11) is -2.57. The molecule has 2 atom stereocenters. The highest BCUT2D eigenvalue weighted by Crippen LogP contribution is 2.46. The number of amides is 4. The Bertz CT molecular complexity index is 1810. The van der Waals surface area contributed by atoms with Gasteiger partial charge in [-0.3, -0.25) is 14.3 Å². The molecule has 16 heteroatoms. The first-order chi connectivity index (χ1) is 21.4. The second-order valence-electron chi connectivity index (χ2n) is 11.2. The van der Waals surface area contributed by atoms with Gasteiger partial charge in [-0.15, -0.1) is 0 Å². The number of carboxylic acid groups (broad SMARTS) is 1. The molecule has 0 bridgehead atoms. The molecule has 45 heavy (non-hydrogen) atoms. The van der Waals surface area contributed by atoms with Crippen LogP contribution in [0, 0.1) is 5.82 Å². The maximum absolute atomic E-state index is 13.8. The number of benzene rings is 2. The van der Waals surface area contributed by atoms with E-state index in [0.717, 1.165) is 25.9 Å². The van der Waals surface area contributed by atoms with Crippen LogP contribution < -0.4 is 4.72 Å². The maximum Gasteiger partial charge on any atom is 0.419 e. The van der Waals surface area contributed by atoms with Crippen LogP contribution in [0.25, 0.3) is 11.1 Å². The van der Waals surface area contributed by atoms with Gasteiger partial charge in [0.15, 0.2) is 0 Å². The highest BCUT2D eigenvalue weighted by atomic mass is 32.2. The topological polar surface area (TPSA) is 171 Å². The number of ether oxygens (including phenoxy) is 1. The van der Waals surface area contributed by atoms with E-state index >= 15 is 0 Å². The summed E-state index contributed by atoms with van der Waals surface area (Å²) in [5.74, 6) is -1.83. The lowest BCUT2D eigenvalue weighted by molar-refractivity contribution is -0.143. The van der Waals surface area contributed by atoms with Gasteiger partial charge in [0.1, 0.15) is 12.4 Å². The lowest BCUT2D eigenvalue weighted by atomic mass is 9.93. The van der Waals surface area contributed by atoms with Gasteiger partial charge in [-0.2, -0.15) is 17.8 Å². The van der Waals surface area contributed by atoms with E-state index in [9.17, 15) is 32.0 Å². The number of carbonyl (C=O) groups is 4. The number of fused-ring (bicyclic) bond motifs is 2. The van der Waals surface area contributed by atoms with Crippen molar-refractivity contribution < 1.29 is 41.8 Å². The molecule has 1 spiro atoms. The van der Waals surface area contributed by atoms with Crippen LogP contribution in [0.3, 0.4) is 0 Å². The van der Waals surface area contributed by atoms with Gasteiger partial charge in [-0.25, -0.2) is 23.6 Å². The van der Waals surface area contributed by atoms with E-state index in [1.807, 2.05) is 18.3 Å². The van der Waals surface area contributed by atoms with Gasteiger partial charge >= 0.3 is 22.4 Å². The molecule has 0 unspecified atom stereocenters. The van der Waals surface area contributed by atoms with Crippen LogP contribution in [0.4, 0.5) is 14.0 Å². The van der Waals surface area contributed by atoms with Gasteiger partial charge in [-0.05, 0) is 41.7 Å². The monoisotopic (exact) mass is 640 g/mol. The number of aromatic nitrogens is 2. The van der Waals surface area contributed by atoms with E-state index in [-0.39, 0.29) is 32.5 Å². The van der Waals surface area contributed by atoms with E-state index < -0.39 is 58.2 Å². The Balaban J connectivity index is 1.23. The minimum Gasteiger partial charge on any atom is -0.464 e. The quantitative estimate of drug-likeness (QED) is 0.374. The first-order valence-electron chi connectivity index (χ1n) is 14.1. The van der Waals surface area contributed by atoms with Crippen molar-refractivity contribution in [1.29, 1.82) is 0 Å². The summed E-state index contributed by atoms with van der Waals surface area (Å²) in [5, 5.41) is 13.1. The normalized spacial score (nSPS) is 21.3. The molecule has 1 aromatic heterocycles. The molecule has 3 heterocycles. The highest BCUT2D eigenvalue weighted by molar-refractivity contribution is 7.87. The molecular formula is C29H29FN6O8S. The van der Waals surface area contributed by atoms with E-state index in [1.54, 1.807) is 24.0 Å². The van der Waals surface area contributed by atoms with Crippen molar-refractivity contribution in [3.8, 4) is 11.1 Å². The Morgan fingerprint density at radius 1 is 1.18 bits per heavy atom. The molecule has 2 aliphatic heterocycles. The molecular weight excluding hydrogens is 611 g/mol. The van der Waals surface area contributed by atoms with Crippen molar-refractivity contribution in [3.63, 3.8) is 0 Å². The summed E-state index contributed by atoms with van der Waals surface area (Å²) >= 11 is 0. The molecule has 2 aromatic carbocycles. The zero-order valence-electron chi connectivity index (χ0n) is 24.1. The number of hydrogen-bond donors (Lipinski definition) is 2. The molecule has 1 aliphatic carbocycles. The number of carbonyl (C=O) groups excluding carboxylic acids is 3. The summed E-state index contributed by atoms with van der Waals surface area (Å²) in [6.07, 6.45) is 1.69. The van der Waals surface area contributed by atoms with Crippen molar-refractivity contribution in [2.75, 3.05) is 19.6 Å². The molecule has 2 fully saturated rings. The summed E-state index contributed by atoms with van der Waals surface area (Å²) < 4.78 is 48.3. The van der Waals surface area contributed by atoms with E-state index in [4.69, 9.17) is 9.84 Å². The fourth-order valence-corrected chi connectivity index (χ4v) is 7.26. The van der Waals surface area contributed by atoms with Crippen molar-refractivity contribution in [2.45, 2.75) is 37.5 Å². The van der Waals surface area contributed by atoms with Gasteiger partial charge in [0, 0.05) is 56.5 Å². The standard InChI is InChI=1S/C29H29FN6O8S/c1-33-15-21(13-31-33)19-4-7-24-20(12-19)8-10-29(24)26(38)36(28(41)44-29)17-25(37)35(14-18-2-5-22(30)6-3-18)23-9-11-34(16-23)45(42,43)32-27(39)40/h2-7,12-13,15,23,32H,8-11,14,16-17H2,1H3,(H,39,40)/t23-,29+/m0/s1. The molecule has 0 saturated carbocycles. The average Bonchev–Trinajstić information content (AvgIpc) is 3.77. The van der Waals surface area contributed by atoms with Crippen LogP contribution in [0.1, 0.15) is 29.5 Å². The summed E-state index contributed by atoms with van der Waals surface area (Å²) in [6, 6.07) is 10.1. The Hall–Kier alpha value is -4.83. The number of nitrogens with zero attached hydrogens (tertiary/aromatic N) is 5. The summed E-state index contributed by atoms with van der Waals surface area (Å²) in [5.41, 5.74) is 2.13. The fourth-order valence-electron chi connectivity index (χ4n) is 6.19. The predicted molar refractivity (Wildman–Crippen MR) is 154 cm³/mol. The molecule has 2 saturated heterocycles. The second-order valence-corrected chi connectivity index (χ2v) is 12.9. The molecule has 4 amide bonds. The first kappa shape index (κ1) is 30.2. The SMILES string of the molecule is Cn1cc(-c2ccc3c(c2)CC[C@@]32OC(=O)N(CC(=O)N(Cc3ccc(F)cc3)[C@H]3CCN(S(=O)(=O)NC(=O)O)C3)C2=O)cn1. The molecule has 3 aromatic rings. The zero-order valence-corrected chi connectivity index (χ0v) is 24.9. The third-order valence-electron chi connectivity index (χ3n) is 8.40.